The van der Waals surface area contributed by atoms with Gasteiger partial charge in [-0.05, 0) is 52.4 Å². The topological polar surface area (TPSA) is 41.1 Å². The van der Waals surface area contributed by atoms with Crippen LogP contribution in [0.5, 0.6) is 0 Å². The normalized spacial score (nSPS) is 21.1. The Labute approximate surface area is 110 Å². The predicted octanol–water partition coefficient (Wildman–Crippen LogP) is 1.75. The van der Waals surface area contributed by atoms with Gasteiger partial charge in [-0.1, -0.05) is 6.42 Å². The van der Waals surface area contributed by atoms with Crippen LogP contribution in [0.25, 0.3) is 0 Å². The van der Waals surface area contributed by atoms with Gasteiger partial charge in [0.2, 0.25) is 0 Å². The van der Waals surface area contributed by atoms with Gasteiger partial charge in [-0.3, -0.25) is 0 Å². The van der Waals surface area contributed by atoms with Gasteiger partial charge in [0.05, 0.1) is 5.69 Å². The van der Waals surface area contributed by atoms with E-state index < -0.39 is 0 Å². The molecule has 0 radical (unpaired) electrons. The number of hydrogen-bond acceptors (Lipinski definition) is 4. The molecule has 1 aromatic heterocycles. The highest BCUT2D eigenvalue weighted by molar-refractivity contribution is 5.00. The van der Waals surface area contributed by atoms with Crippen LogP contribution in [0.15, 0.2) is 12.3 Å². The first kappa shape index (κ1) is 13.4. The van der Waals surface area contributed by atoms with E-state index in [2.05, 4.69) is 27.2 Å². The Balaban J connectivity index is 1.66. The molecule has 18 heavy (non-hydrogen) atoms. The lowest BCUT2D eigenvalue weighted by Crippen LogP contribution is -2.38. The number of nitrogens with one attached hydrogen (secondary N) is 1. The van der Waals surface area contributed by atoms with Crippen LogP contribution in [-0.4, -0.2) is 41.0 Å². The molecule has 4 nitrogen and oxygen atoms in total. The smallest absolute Gasteiger partial charge is 0.125 e. The van der Waals surface area contributed by atoms with Crippen LogP contribution in [0.4, 0.5) is 0 Å². The van der Waals surface area contributed by atoms with Crippen molar-refractivity contribution in [3.63, 3.8) is 0 Å². The van der Waals surface area contributed by atoms with Crippen molar-refractivity contribution in [2.24, 2.45) is 0 Å². The van der Waals surface area contributed by atoms with Crippen molar-refractivity contribution in [2.45, 2.75) is 45.2 Å². The van der Waals surface area contributed by atoms with Crippen LogP contribution < -0.4 is 5.32 Å². The maximum absolute atomic E-state index is 4.39. The number of rotatable bonds is 5. The van der Waals surface area contributed by atoms with E-state index in [1.807, 2.05) is 19.2 Å². The van der Waals surface area contributed by atoms with E-state index in [1.54, 1.807) is 0 Å². The second-order valence-corrected chi connectivity index (χ2v) is 5.19. The molecular formula is C14H24N4. The van der Waals surface area contributed by atoms with Crippen molar-refractivity contribution in [3.8, 4) is 0 Å². The van der Waals surface area contributed by atoms with Gasteiger partial charge in [-0.15, -0.1) is 0 Å². The number of nitrogens with zero attached hydrogens (tertiary/aromatic N) is 3. The van der Waals surface area contributed by atoms with E-state index in [4.69, 9.17) is 0 Å². The highest BCUT2D eigenvalue weighted by atomic mass is 15.1. The number of likely N-dealkylation sites (tertiary alicyclic amines) is 1. The Morgan fingerprint density at radius 2 is 2.33 bits per heavy atom. The van der Waals surface area contributed by atoms with E-state index in [1.165, 1.54) is 32.2 Å². The molecule has 2 heterocycles. The molecule has 0 aromatic carbocycles. The first-order valence-electron chi connectivity index (χ1n) is 6.95. The van der Waals surface area contributed by atoms with Crippen LogP contribution in [0.2, 0.25) is 0 Å². The van der Waals surface area contributed by atoms with Crippen molar-refractivity contribution in [2.75, 3.05) is 20.1 Å². The van der Waals surface area contributed by atoms with Crippen LogP contribution in [0, 0.1) is 6.92 Å². The average Bonchev–Trinajstić information content (AvgIpc) is 2.37. The third-order valence-electron chi connectivity index (χ3n) is 3.72. The minimum atomic E-state index is 0.762. The van der Waals surface area contributed by atoms with Gasteiger partial charge in [0.25, 0.3) is 0 Å². The molecule has 1 atom stereocenters. The summed E-state index contributed by atoms with van der Waals surface area (Å²) in [6, 6.07) is 2.74. The zero-order valence-corrected chi connectivity index (χ0v) is 11.5. The summed E-state index contributed by atoms with van der Waals surface area (Å²) in [7, 11) is 2.25. The number of aromatic nitrogens is 2. The fourth-order valence-corrected chi connectivity index (χ4v) is 2.60. The summed E-state index contributed by atoms with van der Waals surface area (Å²) < 4.78 is 0. The fraction of sp³-hybridized carbons (Fsp3) is 0.714. The highest BCUT2D eigenvalue weighted by Crippen LogP contribution is 2.17. The largest absolute Gasteiger partial charge is 0.311 e. The Kier molecular flexibility index (Phi) is 5.08. The van der Waals surface area contributed by atoms with E-state index in [0.717, 1.165) is 30.6 Å². The molecule has 1 aliphatic rings. The summed E-state index contributed by atoms with van der Waals surface area (Å²) in [5.74, 6) is 0.848. The molecule has 0 spiro atoms. The molecule has 100 valence electrons. The van der Waals surface area contributed by atoms with E-state index in [9.17, 15) is 0 Å². The van der Waals surface area contributed by atoms with Gasteiger partial charge in [0.1, 0.15) is 5.82 Å². The molecule has 0 saturated carbocycles. The Bertz CT molecular complexity index is 367. The molecule has 1 saturated heterocycles. The lowest BCUT2D eigenvalue weighted by molar-refractivity contribution is 0.175. The molecule has 1 fully saturated rings. The van der Waals surface area contributed by atoms with Gasteiger partial charge < -0.3 is 10.2 Å². The lowest BCUT2D eigenvalue weighted by atomic mass is 10.0. The molecule has 4 heteroatoms. The van der Waals surface area contributed by atoms with Gasteiger partial charge in [0.15, 0.2) is 0 Å². The molecule has 1 aliphatic heterocycles. The van der Waals surface area contributed by atoms with Crippen LogP contribution >= 0.6 is 0 Å². The van der Waals surface area contributed by atoms with Gasteiger partial charge in [0, 0.05) is 18.8 Å². The van der Waals surface area contributed by atoms with Crippen molar-refractivity contribution < 1.29 is 0 Å². The predicted molar refractivity (Wildman–Crippen MR) is 73.4 cm³/mol. The minimum Gasteiger partial charge on any atom is -0.311 e. The number of piperidine rings is 1. The van der Waals surface area contributed by atoms with Crippen molar-refractivity contribution in [1.29, 1.82) is 0 Å². The van der Waals surface area contributed by atoms with Gasteiger partial charge in [-0.2, -0.15) is 0 Å². The monoisotopic (exact) mass is 248 g/mol. The number of aryl methyl sites for hydroxylation is 1. The summed E-state index contributed by atoms with van der Waals surface area (Å²) in [6.45, 7) is 5.11. The molecular weight excluding hydrogens is 224 g/mol. The van der Waals surface area contributed by atoms with Crippen molar-refractivity contribution in [3.05, 3.63) is 23.8 Å². The molecule has 1 unspecified atom stereocenters. The zero-order chi connectivity index (χ0) is 12.8. The second kappa shape index (κ2) is 6.81. The molecule has 0 amide bonds. The summed E-state index contributed by atoms with van der Waals surface area (Å²) in [4.78, 5) is 11.0. The minimum absolute atomic E-state index is 0.762. The van der Waals surface area contributed by atoms with Gasteiger partial charge >= 0.3 is 0 Å². The fourth-order valence-electron chi connectivity index (χ4n) is 2.60. The Hall–Kier alpha value is -1.00. The summed E-state index contributed by atoms with van der Waals surface area (Å²) in [6.07, 6.45) is 7.17. The maximum Gasteiger partial charge on any atom is 0.125 e. The number of hydrogen-bond donors (Lipinski definition) is 1. The molecule has 0 aliphatic carbocycles. The first-order valence-corrected chi connectivity index (χ1v) is 6.95. The second-order valence-electron chi connectivity index (χ2n) is 5.19. The van der Waals surface area contributed by atoms with E-state index in [0.29, 0.717) is 0 Å². The summed E-state index contributed by atoms with van der Waals surface area (Å²) in [5.41, 5.74) is 1.08. The molecule has 1 N–H and O–H groups in total. The SMILES string of the molecule is Cc1nccc(CNCCC2CCCCN2C)n1. The zero-order valence-electron chi connectivity index (χ0n) is 11.5. The Morgan fingerprint density at radius 3 is 3.11 bits per heavy atom. The molecule has 0 bridgehead atoms. The van der Waals surface area contributed by atoms with E-state index in [-0.39, 0.29) is 0 Å². The van der Waals surface area contributed by atoms with E-state index >= 15 is 0 Å². The van der Waals surface area contributed by atoms with Crippen molar-refractivity contribution >= 4 is 0 Å². The van der Waals surface area contributed by atoms with Crippen LogP contribution in [0.1, 0.15) is 37.2 Å². The molecule has 2 rings (SSSR count). The third kappa shape index (κ3) is 4.03. The maximum atomic E-state index is 4.39. The van der Waals surface area contributed by atoms with Crippen LogP contribution in [-0.2, 0) is 6.54 Å². The van der Waals surface area contributed by atoms with Crippen LogP contribution in [0.3, 0.4) is 0 Å². The summed E-state index contributed by atoms with van der Waals surface area (Å²) in [5, 5.41) is 3.48. The summed E-state index contributed by atoms with van der Waals surface area (Å²) >= 11 is 0. The standard InChI is InChI=1S/C14H24N4/c1-12-16-9-6-13(17-12)11-15-8-7-14-5-3-4-10-18(14)2/h6,9,14-15H,3-5,7-8,10-11H2,1-2H3. The van der Waals surface area contributed by atoms with Gasteiger partial charge in [-0.25, -0.2) is 9.97 Å². The third-order valence-corrected chi connectivity index (χ3v) is 3.72. The first-order chi connectivity index (χ1) is 8.75. The van der Waals surface area contributed by atoms with Crippen molar-refractivity contribution in [1.82, 2.24) is 20.2 Å². The average molecular weight is 248 g/mol. The highest BCUT2D eigenvalue weighted by Gasteiger charge is 2.17. The lowest BCUT2D eigenvalue weighted by Gasteiger charge is -2.32. The quantitative estimate of drug-likeness (QED) is 0.806. The molecule has 1 aromatic rings. The Morgan fingerprint density at radius 1 is 1.44 bits per heavy atom.